The Balaban J connectivity index is 1.87. The van der Waals surface area contributed by atoms with Crippen molar-refractivity contribution >= 4 is 11.5 Å². The number of nitrogens with zero attached hydrogens (tertiary/aromatic N) is 3. The third kappa shape index (κ3) is 2.65. The van der Waals surface area contributed by atoms with Crippen molar-refractivity contribution in [3.05, 3.63) is 35.9 Å². The number of aromatic nitrogens is 2. The molecule has 1 fully saturated rings. The maximum absolute atomic E-state index is 11.4. The summed E-state index contributed by atoms with van der Waals surface area (Å²) in [6.45, 7) is 6.63. The molecule has 0 radical (unpaired) electrons. The van der Waals surface area contributed by atoms with E-state index in [9.17, 15) is 9.90 Å². The number of rotatable bonds is 4. The summed E-state index contributed by atoms with van der Waals surface area (Å²) in [5.41, 5.74) is 1.14. The fourth-order valence-electron chi connectivity index (χ4n) is 3.18. The first kappa shape index (κ1) is 14.1. The van der Waals surface area contributed by atoms with Crippen molar-refractivity contribution in [3.63, 3.8) is 0 Å². The van der Waals surface area contributed by atoms with Gasteiger partial charge >= 0.3 is 5.97 Å². The summed E-state index contributed by atoms with van der Waals surface area (Å²) in [6.07, 6.45) is 3.75. The van der Waals surface area contributed by atoms with Crippen molar-refractivity contribution in [2.75, 3.05) is 13.1 Å². The number of carboxylic acids is 1. The van der Waals surface area contributed by atoms with E-state index < -0.39 is 5.97 Å². The number of hydrogen-bond acceptors (Lipinski definition) is 3. The first-order valence-corrected chi connectivity index (χ1v) is 7.49. The standard InChI is InChI=1S/C16H21N3O2/c1-11(2)18-7-6-12(10-18)8-15-17-9-13-4-3-5-14(16(20)21)19(13)15/h3-5,9,11-12H,6-8,10H2,1-2H3,(H,20,21). The van der Waals surface area contributed by atoms with Gasteiger partial charge in [-0.2, -0.15) is 0 Å². The number of imidazole rings is 1. The molecule has 3 rings (SSSR count). The van der Waals surface area contributed by atoms with Gasteiger partial charge in [0, 0.05) is 19.0 Å². The zero-order valence-electron chi connectivity index (χ0n) is 12.5. The lowest BCUT2D eigenvalue weighted by molar-refractivity contribution is 0.0688. The van der Waals surface area contributed by atoms with Crippen LogP contribution in [0, 0.1) is 5.92 Å². The summed E-state index contributed by atoms with van der Waals surface area (Å²) in [5.74, 6) is 0.508. The molecule has 2 aromatic rings. The molecule has 0 bridgehead atoms. The van der Waals surface area contributed by atoms with Gasteiger partial charge in [-0.1, -0.05) is 6.07 Å². The zero-order chi connectivity index (χ0) is 15.0. The van der Waals surface area contributed by atoms with Crippen molar-refractivity contribution in [3.8, 4) is 0 Å². The Morgan fingerprint density at radius 3 is 2.95 bits per heavy atom. The topological polar surface area (TPSA) is 57.8 Å². The first-order valence-electron chi connectivity index (χ1n) is 7.49. The van der Waals surface area contributed by atoms with Crippen molar-refractivity contribution in [1.29, 1.82) is 0 Å². The first-order chi connectivity index (χ1) is 10.1. The van der Waals surface area contributed by atoms with Gasteiger partial charge in [-0.3, -0.25) is 4.40 Å². The van der Waals surface area contributed by atoms with E-state index in [2.05, 4.69) is 23.7 Å². The smallest absolute Gasteiger partial charge is 0.352 e. The van der Waals surface area contributed by atoms with E-state index in [-0.39, 0.29) is 0 Å². The van der Waals surface area contributed by atoms with E-state index in [4.69, 9.17) is 0 Å². The van der Waals surface area contributed by atoms with Crippen LogP contribution in [0.5, 0.6) is 0 Å². The maximum Gasteiger partial charge on any atom is 0.352 e. The minimum absolute atomic E-state index is 0.290. The van der Waals surface area contributed by atoms with E-state index in [0.29, 0.717) is 17.7 Å². The largest absolute Gasteiger partial charge is 0.477 e. The molecular weight excluding hydrogens is 266 g/mol. The Kier molecular flexibility index (Phi) is 3.68. The average molecular weight is 287 g/mol. The molecule has 0 aliphatic carbocycles. The van der Waals surface area contributed by atoms with E-state index in [0.717, 1.165) is 37.3 Å². The molecule has 0 aromatic carbocycles. The molecule has 1 saturated heterocycles. The average Bonchev–Trinajstić information content (AvgIpc) is 3.06. The van der Waals surface area contributed by atoms with Crippen LogP contribution in [0.15, 0.2) is 24.4 Å². The Labute approximate surface area is 124 Å². The summed E-state index contributed by atoms with van der Waals surface area (Å²) in [6, 6.07) is 5.87. The van der Waals surface area contributed by atoms with Gasteiger partial charge in [-0.15, -0.1) is 0 Å². The number of aromatic carboxylic acids is 1. The molecule has 2 aromatic heterocycles. The van der Waals surface area contributed by atoms with Crippen molar-refractivity contribution in [1.82, 2.24) is 14.3 Å². The van der Waals surface area contributed by atoms with Gasteiger partial charge in [0.1, 0.15) is 11.5 Å². The second-order valence-electron chi connectivity index (χ2n) is 6.10. The number of likely N-dealkylation sites (tertiary alicyclic amines) is 1. The quantitative estimate of drug-likeness (QED) is 0.937. The van der Waals surface area contributed by atoms with Crippen LogP contribution in [0.3, 0.4) is 0 Å². The van der Waals surface area contributed by atoms with Gasteiger partial charge in [0.15, 0.2) is 0 Å². The van der Waals surface area contributed by atoms with Gasteiger partial charge in [0.25, 0.3) is 0 Å². The highest BCUT2D eigenvalue weighted by Crippen LogP contribution is 2.23. The number of hydrogen-bond donors (Lipinski definition) is 1. The minimum atomic E-state index is -0.907. The number of pyridine rings is 1. The molecule has 1 N–H and O–H groups in total. The fourth-order valence-corrected chi connectivity index (χ4v) is 3.18. The third-order valence-corrected chi connectivity index (χ3v) is 4.36. The SMILES string of the molecule is CC(C)N1CCC(Cc2ncc3cccc(C(=O)O)n23)C1. The van der Waals surface area contributed by atoms with Gasteiger partial charge in [-0.05, 0) is 44.9 Å². The minimum Gasteiger partial charge on any atom is -0.477 e. The molecule has 5 nitrogen and oxygen atoms in total. The summed E-state index contributed by atoms with van der Waals surface area (Å²) < 4.78 is 1.78. The van der Waals surface area contributed by atoms with Crippen LogP contribution in [0.4, 0.5) is 0 Å². The maximum atomic E-state index is 11.4. The molecule has 21 heavy (non-hydrogen) atoms. The van der Waals surface area contributed by atoms with Crippen LogP contribution in [-0.2, 0) is 6.42 Å². The van der Waals surface area contributed by atoms with Crippen LogP contribution < -0.4 is 0 Å². The Morgan fingerprint density at radius 2 is 2.29 bits per heavy atom. The molecule has 0 spiro atoms. The normalized spacial score (nSPS) is 19.7. The Bertz CT molecular complexity index is 663. The molecule has 3 heterocycles. The van der Waals surface area contributed by atoms with Gasteiger partial charge in [-0.25, -0.2) is 9.78 Å². The van der Waals surface area contributed by atoms with Crippen LogP contribution >= 0.6 is 0 Å². The molecule has 1 aliphatic rings. The fraction of sp³-hybridized carbons (Fsp3) is 0.500. The predicted octanol–water partition coefficient (Wildman–Crippen LogP) is 2.31. The molecule has 0 amide bonds. The molecule has 0 saturated carbocycles. The number of carbonyl (C=O) groups is 1. The highest BCUT2D eigenvalue weighted by Gasteiger charge is 2.26. The van der Waals surface area contributed by atoms with Crippen LogP contribution in [0.25, 0.3) is 5.52 Å². The predicted molar refractivity (Wildman–Crippen MR) is 80.7 cm³/mol. The Morgan fingerprint density at radius 1 is 1.48 bits per heavy atom. The molecule has 112 valence electrons. The third-order valence-electron chi connectivity index (χ3n) is 4.36. The Hall–Kier alpha value is -1.88. The monoisotopic (exact) mass is 287 g/mol. The summed E-state index contributed by atoms with van der Waals surface area (Å²) in [4.78, 5) is 18.3. The van der Waals surface area contributed by atoms with Crippen LogP contribution in [0.2, 0.25) is 0 Å². The molecule has 1 unspecified atom stereocenters. The summed E-state index contributed by atoms with van der Waals surface area (Å²) >= 11 is 0. The molecular formula is C16H21N3O2. The zero-order valence-corrected chi connectivity index (χ0v) is 12.5. The van der Waals surface area contributed by atoms with Crippen molar-refractivity contribution in [2.45, 2.75) is 32.7 Å². The van der Waals surface area contributed by atoms with Crippen LogP contribution in [-0.4, -0.2) is 44.5 Å². The van der Waals surface area contributed by atoms with Crippen molar-refractivity contribution < 1.29 is 9.90 Å². The molecule has 1 aliphatic heterocycles. The van der Waals surface area contributed by atoms with Crippen LogP contribution in [0.1, 0.15) is 36.6 Å². The molecule has 1 atom stereocenters. The molecule has 5 heteroatoms. The van der Waals surface area contributed by atoms with E-state index in [1.807, 2.05) is 6.07 Å². The summed E-state index contributed by atoms with van der Waals surface area (Å²) in [5, 5.41) is 9.34. The lowest BCUT2D eigenvalue weighted by Crippen LogP contribution is -2.28. The summed E-state index contributed by atoms with van der Waals surface area (Å²) in [7, 11) is 0. The van der Waals surface area contributed by atoms with Gasteiger partial charge in [0.2, 0.25) is 0 Å². The highest BCUT2D eigenvalue weighted by atomic mass is 16.4. The van der Waals surface area contributed by atoms with Gasteiger partial charge in [0.05, 0.1) is 11.7 Å². The lowest BCUT2D eigenvalue weighted by Gasteiger charge is -2.20. The van der Waals surface area contributed by atoms with Gasteiger partial charge < -0.3 is 10.0 Å². The van der Waals surface area contributed by atoms with E-state index >= 15 is 0 Å². The van der Waals surface area contributed by atoms with E-state index in [1.54, 1.807) is 22.7 Å². The van der Waals surface area contributed by atoms with Crippen molar-refractivity contribution in [2.24, 2.45) is 5.92 Å². The number of fused-ring (bicyclic) bond motifs is 1. The number of carboxylic acid groups (broad SMARTS) is 1. The second-order valence-corrected chi connectivity index (χ2v) is 6.10. The highest BCUT2D eigenvalue weighted by molar-refractivity contribution is 5.86. The second kappa shape index (κ2) is 5.48. The van der Waals surface area contributed by atoms with E-state index in [1.165, 1.54) is 0 Å². The lowest BCUT2D eigenvalue weighted by atomic mass is 10.0.